The molecule has 126 valence electrons. The van der Waals surface area contributed by atoms with Gasteiger partial charge in [0.2, 0.25) is 5.75 Å². The molecule has 2 aromatic rings. The predicted octanol–water partition coefficient (Wildman–Crippen LogP) is 3.34. The molecule has 0 unspecified atom stereocenters. The second-order valence-corrected chi connectivity index (χ2v) is 5.13. The Morgan fingerprint density at radius 3 is 2.29 bits per heavy atom. The van der Waals surface area contributed by atoms with Crippen molar-refractivity contribution in [1.29, 1.82) is 5.26 Å². The first kappa shape index (κ1) is 17.4. The molecule has 0 fully saturated rings. The first-order chi connectivity index (χ1) is 11.5. The zero-order valence-corrected chi connectivity index (χ0v) is 14.4. The molecule has 1 N–H and O–H groups in total. The molecule has 1 heterocycles. The number of benzene rings is 1. The van der Waals surface area contributed by atoms with Gasteiger partial charge in [-0.2, -0.15) is 5.26 Å². The molecular formula is C18H20N2O4. The van der Waals surface area contributed by atoms with Crippen LogP contribution in [0.2, 0.25) is 0 Å². The minimum atomic E-state index is -0.186. The summed E-state index contributed by atoms with van der Waals surface area (Å²) in [5.41, 5.74) is 2.75. The van der Waals surface area contributed by atoms with Crippen LogP contribution >= 0.6 is 0 Å². The molecule has 6 nitrogen and oxygen atoms in total. The SMILES string of the molecule is CCc1[nH]c(C#N)c(C(C)=O)c1-c1ccc(OC)c(OC)c1OC. The van der Waals surface area contributed by atoms with Gasteiger partial charge < -0.3 is 19.2 Å². The highest BCUT2D eigenvalue weighted by Crippen LogP contribution is 2.46. The lowest BCUT2D eigenvalue weighted by molar-refractivity contribution is 0.101. The number of aromatic nitrogens is 1. The van der Waals surface area contributed by atoms with E-state index in [0.717, 1.165) is 5.69 Å². The second kappa shape index (κ2) is 7.09. The highest BCUT2D eigenvalue weighted by molar-refractivity contribution is 6.04. The van der Waals surface area contributed by atoms with Crippen LogP contribution in [0.25, 0.3) is 11.1 Å². The van der Waals surface area contributed by atoms with Crippen LogP contribution in [-0.2, 0) is 6.42 Å². The van der Waals surface area contributed by atoms with E-state index in [4.69, 9.17) is 14.2 Å². The van der Waals surface area contributed by atoms with Crippen LogP contribution in [0.15, 0.2) is 12.1 Å². The molecule has 24 heavy (non-hydrogen) atoms. The molecule has 1 aromatic carbocycles. The van der Waals surface area contributed by atoms with Gasteiger partial charge in [0.1, 0.15) is 11.8 Å². The number of aromatic amines is 1. The molecule has 0 bridgehead atoms. The van der Waals surface area contributed by atoms with E-state index in [0.29, 0.717) is 40.4 Å². The number of nitrogens with zero attached hydrogens (tertiary/aromatic N) is 1. The van der Waals surface area contributed by atoms with Gasteiger partial charge in [-0.25, -0.2) is 0 Å². The normalized spacial score (nSPS) is 10.2. The summed E-state index contributed by atoms with van der Waals surface area (Å²) in [7, 11) is 4.59. The molecule has 6 heteroatoms. The topological polar surface area (TPSA) is 84.3 Å². The van der Waals surface area contributed by atoms with E-state index in [-0.39, 0.29) is 11.5 Å². The van der Waals surface area contributed by atoms with Crippen molar-refractivity contribution in [3.8, 4) is 34.4 Å². The summed E-state index contributed by atoms with van der Waals surface area (Å²) in [6.45, 7) is 3.40. The van der Waals surface area contributed by atoms with Gasteiger partial charge in [0.25, 0.3) is 0 Å². The molecular weight excluding hydrogens is 308 g/mol. The van der Waals surface area contributed by atoms with Crippen molar-refractivity contribution < 1.29 is 19.0 Å². The Kier molecular flexibility index (Phi) is 5.14. The lowest BCUT2D eigenvalue weighted by atomic mass is 9.95. The fraction of sp³-hybridized carbons (Fsp3) is 0.333. The summed E-state index contributed by atoms with van der Waals surface area (Å²) in [5.74, 6) is 1.23. The Labute approximate surface area is 141 Å². The Hall–Kier alpha value is -2.94. The quantitative estimate of drug-likeness (QED) is 0.822. The van der Waals surface area contributed by atoms with Crippen molar-refractivity contribution in [1.82, 2.24) is 4.98 Å². The third kappa shape index (κ3) is 2.69. The van der Waals surface area contributed by atoms with Crippen molar-refractivity contribution in [2.45, 2.75) is 20.3 Å². The number of H-pyrrole nitrogens is 1. The molecule has 2 rings (SSSR count). The second-order valence-electron chi connectivity index (χ2n) is 5.13. The number of Topliss-reactive ketones (excluding diaryl/α,β-unsaturated/α-hetero) is 1. The molecule has 0 aliphatic carbocycles. The van der Waals surface area contributed by atoms with Crippen molar-refractivity contribution in [3.63, 3.8) is 0 Å². The molecule has 1 aromatic heterocycles. The van der Waals surface area contributed by atoms with Crippen LogP contribution in [0.1, 0.15) is 35.6 Å². The third-order valence-corrected chi connectivity index (χ3v) is 3.87. The van der Waals surface area contributed by atoms with E-state index < -0.39 is 0 Å². The Balaban J connectivity index is 2.89. The Bertz CT molecular complexity index is 815. The standard InChI is InChI=1S/C18H20N2O4/c1-6-12-16(15(10(2)21)13(9-19)20-12)11-7-8-14(22-3)18(24-5)17(11)23-4/h7-8,20H,6H2,1-5H3. The first-order valence-electron chi connectivity index (χ1n) is 7.49. The summed E-state index contributed by atoms with van der Waals surface area (Å²) in [6, 6.07) is 5.61. The van der Waals surface area contributed by atoms with E-state index in [2.05, 4.69) is 11.1 Å². The van der Waals surface area contributed by atoms with Crippen LogP contribution in [0.4, 0.5) is 0 Å². The van der Waals surface area contributed by atoms with E-state index in [1.807, 2.05) is 6.92 Å². The summed E-state index contributed by atoms with van der Waals surface area (Å²) in [5, 5.41) is 9.35. The van der Waals surface area contributed by atoms with E-state index in [1.165, 1.54) is 21.1 Å². The predicted molar refractivity (Wildman–Crippen MR) is 90.0 cm³/mol. The highest BCUT2D eigenvalue weighted by atomic mass is 16.5. The number of rotatable bonds is 6. The average molecular weight is 328 g/mol. The van der Waals surface area contributed by atoms with E-state index >= 15 is 0 Å². The molecule has 0 aliphatic rings. The number of carbonyl (C=O) groups excluding carboxylic acids is 1. The number of aryl methyl sites for hydroxylation is 1. The van der Waals surface area contributed by atoms with Gasteiger partial charge in [-0.3, -0.25) is 4.79 Å². The lowest BCUT2D eigenvalue weighted by Gasteiger charge is -2.16. The molecule has 0 saturated carbocycles. The monoisotopic (exact) mass is 328 g/mol. The maximum atomic E-state index is 12.2. The number of ketones is 1. The number of nitriles is 1. The van der Waals surface area contributed by atoms with Gasteiger partial charge in [-0.15, -0.1) is 0 Å². The van der Waals surface area contributed by atoms with E-state index in [1.54, 1.807) is 19.2 Å². The minimum Gasteiger partial charge on any atom is -0.493 e. The van der Waals surface area contributed by atoms with Gasteiger partial charge in [-0.1, -0.05) is 6.92 Å². The molecule has 0 radical (unpaired) electrons. The molecule has 0 atom stereocenters. The largest absolute Gasteiger partial charge is 0.493 e. The van der Waals surface area contributed by atoms with Crippen LogP contribution < -0.4 is 14.2 Å². The fourth-order valence-corrected chi connectivity index (χ4v) is 2.85. The fourth-order valence-electron chi connectivity index (χ4n) is 2.85. The van der Waals surface area contributed by atoms with Crippen molar-refractivity contribution in [3.05, 3.63) is 29.1 Å². The third-order valence-electron chi connectivity index (χ3n) is 3.87. The molecule has 0 saturated heterocycles. The van der Waals surface area contributed by atoms with Gasteiger partial charge in [-0.05, 0) is 25.5 Å². The Morgan fingerprint density at radius 1 is 1.17 bits per heavy atom. The molecule has 0 spiro atoms. The maximum absolute atomic E-state index is 12.2. The zero-order chi connectivity index (χ0) is 17.9. The van der Waals surface area contributed by atoms with Gasteiger partial charge >= 0.3 is 0 Å². The zero-order valence-electron chi connectivity index (χ0n) is 14.4. The minimum absolute atomic E-state index is 0.186. The lowest BCUT2D eigenvalue weighted by Crippen LogP contribution is -2.01. The van der Waals surface area contributed by atoms with Gasteiger partial charge in [0.05, 0.1) is 26.9 Å². The summed E-state index contributed by atoms with van der Waals surface area (Å²) in [6.07, 6.45) is 0.634. The number of carbonyl (C=O) groups is 1. The number of ether oxygens (including phenoxy) is 3. The van der Waals surface area contributed by atoms with Crippen LogP contribution in [0, 0.1) is 11.3 Å². The average Bonchev–Trinajstić information content (AvgIpc) is 2.98. The Morgan fingerprint density at radius 2 is 1.83 bits per heavy atom. The number of hydrogen-bond donors (Lipinski definition) is 1. The van der Waals surface area contributed by atoms with Gasteiger partial charge in [0.15, 0.2) is 17.3 Å². The van der Waals surface area contributed by atoms with Crippen molar-refractivity contribution in [2.24, 2.45) is 0 Å². The first-order valence-corrected chi connectivity index (χ1v) is 7.49. The summed E-state index contributed by atoms with van der Waals surface area (Å²) in [4.78, 5) is 15.2. The van der Waals surface area contributed by atoms with Crippen LogP contribution in [0.3, 0.4) is 0 Å². The molecule has 0 aliphatic heterocycles. The van der Waals surface area contributed by atoms with Crippen LogP contribution in [0.5, 0.6) is 17.2 Å². The van der Waals surface area contributed by atoms with Gasteiger partial charge in [0, 0.05) is 16.8 Å². The number of methoxy groups -OCH3 is 3. The number of nitrogens with one attached hydrogen (secondary N) is 1. The van der Waals surface area contributed by atoms with Crippen LogP contribution in [-0.4, -0.2) is 32.1 Å². The maximum Gasteiger partial charge on any atom is 0.203 e. The van der Waals surface area contributed by atoms with E-state index in [9.17, 15) is 10.1 Å². The number of hydrogen-bond acceptors (Lipinski definition) is 5. The smallest absolute Gasteiger partial charge is 0.203 e. The van der Waals surface area contributed by atoms with Crippen molar-refractivity contribution >= 4 is 5.78 Å². The highest BCUT2D eigenvalue weighted by Gasteiger charge is 2.26. The summed E-state index contributed by atoms with van der Waals surface area (Å²) >= 11 is 0. The molecule has 0 amide bonds. The summed E-state index contributed by atoms with van der Waals surface area (Å²) < 4.78 is 16.2. The van der Waals surface area contributed by atoms with Crippen molar-refractivity contribution in [2.75, 3.05) is 21.3 Å².